The molecule has 19 heavy (non-hydrogen) atoms. The van der Waals surface area contributed by atoms with Gasteiger partial charge >= 0.3 is 0 Å². The zero-order valence-electron chi connectivity index (χ0n) is 11.3. The van der Waals surface area contributed by atoms with Crippen LogP contribution in [0.15, 0.2) is 48.5 Å². The molecular weight excluding hydrogens is 238 g/mol. The summed E-state index contributed by atoms with van der Waals surface area (Å²) in [4.78, 5) is 0. The minimum Gasteiger partial charge on any atom is -0.508 e. The topological polar surface area (TPSA) is 41.5 Å². The first-order valence-corrected chi connectivity index (χ1v) is 6.34. The number of hydrogen-bond acceptors (Lipinski definition) is 3. The van der Waals surface area contributed by atoms with E-state index in [1.54, 1.807) is 19.2 Å². The Kier molecular flexibility index (Phi) is 4.42. The Balaban J connectivity index is 1.92. The van der Waals surface area contributed by atoms with Crippen molar-refractivity contribution in [1.29, 1.82) is 0 Å². The van der Waals surface area contributed by atoms with Crippen molar-refractivity contribution < 1.29 is 9.84 Å². The highest BCUT2D eigenvalue weighted by Gasteiger charge is 2.04. The van der Waals surface area contributed by atoms with E-state index in [1.807, 2.05) is 24.3 Å². The van der Waals surface area contributed by atoms with Crippen molar-refractivity contribution in [2.45, 2.75) is 19.5 Å². The first kappa shape index (κ1) is 13.4. The van der Waals surface area contributed by atoms with Crippen molar-refractivity contribution in [3.8, 4) is 11.5 Å². The van der Waals surface area contributed by atoms with Gasteiger partial charge in [0.2, 0.25) is 0 Å². The van der Waals surface area contributed by atoms with E-state index >= 15 is 0 Å². The second-order valence-corrected chi connectivity index (χ2v) is 4.54. The quantitative estimate of drug-likeness (QED) is 0.864. The summed E-state index contributed by atoms with van der Waals surface area (Å²) in [6.07, 6.45) is 0. The molecule has 3 nitrogen and oxygen atoms in total. The molecule has 0 aliphatic carbocycles. The summed E-state index contributed by atoms with van der Waals surface area (Å²) >= 11 is 0. The van der Waals surface area contributed by atoms with Gasteiger partial charge in [0.1, 0.15) is 11.5 Å². The summed E-state index contributed by atoms with van der Waals surface area (Å²) in [5.74, 6) is 1.17. The van der Waals surface area contributed by atoms with E-state index in [-0.39, 0.29) is 6.04 Å². The molecule has 0 bridgehead atoms. The summed E-state index contributed by atoms with van der Waals surface area (Å²) in [6.45, 7) is 2.90. The van der Waals surface area contributed by atoms with Crippen LogP contribution in [0.1, 0.15) is 24.1 Å². The molecule has 0 fully saturated rings. The maximum Gasteiger partial charge on any atom is 0.118 e. The molecule has 0 amide bonds. The third kappa shape index (κ3) is 3.73. The fourth-order valence-electron chi connectivity index (χ4n) is 1.90. The second-order valence-electron chi connectivity index (χ2n) is 4.54. The Bertz CT molecular complexity index is 505. The molecule has 1 atom stereocenters. The Morgan fingerprint density at radius 2 is 1.68 bits per heavy atom. The molecule has 0 aromatic heterocycles. The standard InChI is InChI=1S/C16H19NO2/c1-12(14-5-7-15(18)8-6-14)17-11-13-3-9-16(19-2)10-4-13/h3-10,12,17-18H,11H2,1-2H3. The second kappa shape index (κ2) is 6.25. The van der Waals surface area contributed by atoms with E-state index in [0.717, 1.165) is 17.9 Å². The molecule has 2 N–H and O–H groups in total. The van der Waals surface area contributed by atoms with E-state index in [9.17, 15) is 5.11 Å². The van der Waals surface area contributed by atoms with Gasteiger partial charge in [0, 0.05) is 12.6 Å². The zero-order valence-corrected chi connectivity index (χ0v) is 11.3. The molecule has 1 unspecified atom stereocenters. The number of methoxy groups -OCH3 is 1. The van der Waals surface area contributed by atoms with Gasteiger partial charge in [0.05, 0.1) is 7.11 Å². The predicted molar refractivity (Wildman–Crippen MR) is 76.4 cm³/mol. The molecule has 2 aromatic carbocycles. The first-order valence-electron chi connectivity index (χ1n) is 6.34. The Morgan fingerprint density at radius 3 is 2.26 bits per heavy atom. The van der Waals surface area contributed by atoms with Crippen LogP contribution in [-0.4, -0.2) is 12.2 Å². The van der Waals surface area contributed by atoms with Crippen LogP contribution in [0.25, 0.3) is 0 Å². The highest BCUT2D eigenvalue weighted by molar-refractivity contribution is 5.29. The van der Waals surface area contributed by atoms with Gasteiger partial charge in [-0.3, -0.25) is 0 Å². The lowest BCUT2D eigenvalue weighted by Gasteiger charge is -2.14. The van der Waals surface area contributed by atoms with Gasteiger partial charge in [-0.1, -0.05) is 24.3 Å². The number of ether oxygens (including phenoxy) is 1. The number of phenols is 1. The Hall–Kier alpha value is -2.00. The van der Waals surface area contributed by atoms with Crippen LogP contribution in [0.3, 0.4) is 0 Å². The molecule has 0 saturated heterocycles. The molecule has 0 radical (unpaired) electrons. The summed E-state index contributed by atoms with van der Waals surface area (Å²) in [5.41, 5.74) is 2.37. The van der Waals surface area contributed by atoms with E-state index in [4.69, 9.17) is 4.74 Å². The summed E-state index contributed by atoms with van der Waals surface area (Å²) in [7, 11) is 1.67. The molecule has 0 spiro atoms. The van der Waals surface area contributed by atoms with E-state index < -0.39 is 0 Å². The maximum absolute atomic E-state index is 9.26. The summed E-state index contributed by atoms with van der Waals surface area (Å²) in [5, 5.41) is 12.7. The Labute approximate surface area is 113 Å². The average Bonchev–Trinajstić information content (AvgIpc) is 2.46. The van der Waals surface area contributed by atoms with Gasteiger partial charge in [-0.2, -0.15) is 0 Å². The molecular formula is C16H19NO2. The number of benzene rings is 2. The van der Waals surface area contributed by atoms with Gasteiger partial charge in [0.25, 0.3) is 0 Å². The van der Waals surface area contributed by atoms with E-state index in [1.165, 1.54) is 5.56 Å². The number of phenolic OH excluding ortho intramolecular Hbond substituents is 1. The van der Waals surface area contributed by atoms with Crippen LogP contribution in [0.4, 0.5) is 0 Å². The van der Waals surface area contributed by atoms with Crippen LogP contribution >= 0.6 is 0 Å². The van der Waals surface area contributed by atoms with Crippen LogP contribution in [0.5, 0.6) is 11.5 Å². The van der Waals surface area contributed by atoms with Crippen molar-refractivity contribution >= 4 is 0 Å². The lowest BCUT2D eigenvalue weighted by molar-refractivity contribution is 0.414. The van der Waals surface area contributed by atoms with E-state index in [2.05, 4.69) is 24.4 Å². The van der Waals surface area contributed by atoms with Crippen LogP contribution in [0, 0.1) is 0 Å². The number of hydrogen-bond donors (Lipinski definition) is 2. The monoisotopic (exact) mass is 257 g/mol. The third-order valence-corrected chi connectivity index (χ3v) is 3.16. The van der Waals surface area contributed by atoms with E-state index in [0.29, 0.717) is 5.75 Å². The van der Waals surface area contributed by atoms with Gasteiger partial charge in [-0.15, -0.1) is 0 Å². The fraction of sp³-hybridized carbons (Fsp3) is 0.250. The summed E-state index contributed by atoms with van der Waals surface area (Å²) in [6, 6.07) is 15.5. The number of aromatic hydroxyl groups is 1. The largest absolute Gasteiger partial charge is 0.508 e. The number of rotatable bonds is 5. The summed E-state index contributed by atoms with van der Waals surface area (Å²) < 4.78 is 5.13. The zero-order chi connectivity index (χ0) is 13.7. The molecule has 3 heteroatoms. The average molecular weight is 257 g/mol. The molecule has 2 rings (SSSR count). The van der Waals surface area contributed by atoms with Crippen molar-refractivity contribution in [2.24, 2.45) is 0 Å². The van der Waals surface area contributed by atoms with Crippen LogP contribution in [-0.2, 0) is 6.54 Å². The minimum atomic E-state index is 0.239. The van der Waals surface area contributed by atoms with Crippen molar-refractivity contribution in [2.75, 3.05) is 7.11 Å². The molecule has 100 valence electrons. The lowest BCUT2D eigenvalue weighted by atomic mass is 10.1. The van der Waals surface area contributed by atoms with Crippen molar-refractivity contribution in [3.05, 3.63) is 59.7 Å². The normalized spacial score (nSPS) is 12.1. The molecule has 0 saturated carbocycles. The van der Waals surface area contributed by atoms with Gasteiger partial charge in [-0.05, 0) is 42.3 Å². The van der Waals surface area contributed by atoms with Gasteiger partial charge in [-0.25, -0.2) is 0 Å². The van der Waals surface area contributed by atoms with Crippen molar-refractivity contribution in [3.63, 3.8) is 0 Å². The van der Waals surface area contributed by atoms with Gasteiger partial charge in [0.15, 0.2) is 0 Å². The molecule has 2 aromatic rings. The number of nitrogens with one attached hydrogen (secondary N) is 1. The molecule has 0 aliphatic rings. The fourth-order valence-corrected chi connectivity index (χ4v) is 1.90. The first-order chi connectivity index (χ1) is 9.19. The third-order valence-electron chi connectivity index (χ3n) is 3.16. The van der Waals surface area contributed by atoms with Crippen LogP contribution in [0.2, 0.25) is 0 Å². The molecule has 0 heterocycles. The highest BCUT2D eigenvalue weighted by Crippen LogP contribution is 2.17. The molecule has 0 aliphatic heterocycles. The SMILES string of the molecule is COc1ccc(CNC(C)c2ccc(O)cc2)cc1. The minimum absolute atomic E-state index is 0.239. The van der Waals surface area contributed by atoms with Gasteiger partial charge < -0.3 is 15.2 Å². The van der Waals surface area contributed by atoms with Crippen LogP contribution < -0.4 is 10.1 Å². The predicted octanol–water partition coefficient (Wildman–Crippen LogP) is 3.25. The van der Waals surface area contributed by atoms with Crippen molar-refractivity contribution in [1.82, 2.24) is 5.32 Å². The smallest absolute Gasteiger partial charge is 0.118 e. The Morgan fingerprint density at radius 1 is 1.05 bits per heavy atom. The highest BCUT2D eigenvalue weighted by atomic mass is 16.5. The lowest BCUT2D eigenvalue weighted by Crippen LogP contribution is -2.17. The maximum atomic E-state index is 9.26.